The third-order valence-electron chi connectivity index (χ3n) is 5.51. The third kappa shape index (κ3) is 3.53. The van der Waals surface area contributed by atoms with E-state index in [1.165, 1.54) is 0 Å². The second kappa shape index (κ2) is 8.30. The maximum Gasteiger partial charge on any atom is 0.259 e. The summed E-state index contributed by atoms with van der Waals surface area (Å²) in [6, 6.07) is 13.0. The second-order valence-electron chi connectivity index (χ2n) is 7.50. The molecule has 0 bridgehead atoms. The summed E-state index contributed by atoms with van der Waals surface area (Å²) in [6.45, 7) is 3.45. The number of fused-ring (bicyclic) bond motifs is 2. The number of hydrogen-bond acceptors (Lipinski definition) is 5. The first kappa shape index (κ1) is 20.0. The number of nitrogens with zero attached hydrogens (tertiary/aromatic N) is 4. The maximum atomic E-state index is 13.3. The topological polar surface area (TPSA) is 70.2 Å². The van der Waals surface area contributed by atoms with Crippen molar-refractivity contribution in [3.8, 4) is 17.2 Å². The molecule has 1 amide bonds. The van der Waals surface area contributed by atoms with Gasteiger partial charge in [-0.15, -0.1) is 0 Å². The first-order valence-corrected chi connectivity index (χ1v) is 10.6. The van der Waals surface area contributed by atoms with Crippen LogP contribution < -0.4 is 19.1 Å². The van der Waals surface area contributed by atoms with Crippen LogP contribution in [0.5, 0.6) is 17.2 Å². The number of rotatable bonds is 7. The predicted octanol–water partition coefficient (Wildman–Crippen LogP) is 3.78. The van der Waals surface area contributed by atoms with E-state index in [2.05, 4.69) is 4.57 Å². The van der Waals surface area contributed by atoms with Crippen LogP contribution in [-0.2, 0) is 13.0 Å². The van der Waals surface area contributed by atoms with Gasteiger partial charge in [0, 0.05) is 31.2 Å². The molecule has 0 atom stereocenters. The molecule has 0 spiro atoms. The highest BCUT2D eigenvalue weighted by Crippen LogP contribution is 2.34. The first-order chi connectivity index (χ1) is 15.7. The molecule has 5 rings (SSSR count). The molecule has 3 aromatic heterocycles. The molecule has 8 nitrogen and oxygen atoms in total. The van der Waals surface area contributed by atoms with Crippen molar-refractivity contribution in [1.82, 2.24) is 14.0 Å². The number of aromatic nitrogens is 3. The normalized spacial score (nSPS) is 12.3. The Kier molecular flexibility index (Phi) is 5.18. The Morgan fingerprint density at radius 3 is 2.75 bits per heavy atom. The first-order valence-electron chi connectivity index (χ1n) is 10.6. The lowest BCUT2D eigenvalue weighted by atomic mass is 10.1. The van der Waals surface area contributed by atoms with Crippen molar-refractivity contribution >= 4 is 17.4 Å². The van der Waals surface area contributed by atoms with E-state index in [9.17, 15) is 4.79 Å². The summed E-state index contributed by atoms with van der Waals surface area (Å²) in [4.78, 5) is 19.7. The minimum atomic E-state index is -0.154. The van der Waals surface area contributed by atoms with Gasteiger partial charge in [0.2, 0.25) is 6.79 Å². The Hall–Kier alpha value is -3.94. The lowest BCUT2D eigenvalue weighted by Crippen LogP contribution is -2.28. The van der Waals surface area contributed by atoms with Crippen molar-refractivity contribution in [1.29, 1.82) is 0 Å². The highest BCUT2D eigenvalue weighted by Gasteiger charge is 2.24. The molecule has 0 fully saturated rings. The van der Waals surface area contributed by atoms with Gasteiger partial charge in [-0.05, 0) is 48.9 Å². The number of carbonyl (C=O) groups is 1. The summed E-state index contributed by atoms with van der Waals surface area (Å²) in [5.74, 6) is 2.48. The molecular formula is C24H24N4O4. The molecule has 4 heterocycles. The fraction of sp³-hybridized carbons (Fsp3) is 0.250. The van der Waals surface area contributed by atoms with Gasteiger partial charge >= 0.3 is 0 Å². The number of hydrogen-bond donors (Lipinski definition) is 0. The summed E-state index contributed by atoms with van der Waals surface area (Å²) in [5.41, 5.74) is 2.04. The van der Waals surface area contributed by atoms with Crippen molar-refractivity contribution in [2.45, 2.75) is 19.9 Å². The van der Waals surface area contributed by atoms with Crippen LogP contribution >= 0.6 is 0 Å². The van der Waals surface area contributed by atoms with Gasteiger partial charge in [-0.2, -0.15) is 0 Å². The van der Waals surface area contributed by atoms with Crippen LogP contribution in [0.4, 0.5) is 5.82 Å². The molecule has 4 aromatic rings. The number of ether oxygens (including phenoxy) is 3. The summed E-state index contributed by atoms with van der Waals surface area (Å²) in [5, 5.41) is 0. The van der Waals surface area contributed by atoms with Gasteiger partial charge in [-0.25, -0.2) is 4.98 Å². The molecule has 0 aliphatic carbocycles. The van der Waals surface area contributed by atoms with Crippen molar-refractivity contribution in [2.24, 2.45) is 0 Å². The number of anilines is 1. The van der Waals surface area contributed by atoms with Gasteiger partial charge in [0.15, 0.2) is 22.9 Å². The number of benzene rings is 1. The SMILES string of the molecule is CCc1nc2c(OCCn3cccc3)cccn2c1N(C)C(=O)c1ccc2c(c1)OCO2. The largest absolute Gasteiger partial charge is 0.488 e. The average Bonchev–Trinajstić information content (AvgIpc) is 3.57. The van der Waals surface area contributed by atoms with Crippen LogP contribution in [0.1, 0.15) is 23.0 Å². The standard InChI is InChI=1S/C24H24N4O4/c1-3-18-23(26(2)24(29)17-8-9-19-21(15-17)32-16-31-19)28-12-6-7-20(22(28)25-18)30-14-13-27-10-4-5-11-27/h4-12,15H,3,13-14,16H2,1-2H3. The lowest BCUT2D eigenvalue weighted by molar-refractivity contribution is 0.0991. The number of imidazole rings is 1. The molecule has 0 N–H and O–H groups in total. The molecule has 32 heavy (non-hydrogen) atoms. The molecule has 1 aliphatic heterocycles. The quantitative estimate of drug-likeness (QED) is 0.445. The van der Waals surface area contributed by atoms with Gasteiger partial charge in [-0.1, -0.05) is 6.92 Å². The Balaban J connectivity index is 1.44. The molecule has 0 unspecified atom stereocenters. The van der Waals surface area contributed by atoms with Crippen LogP contribution in [0.25, 0.3) is 5.65 Å². The molecule has 1 aromatic carbocycles. The Morgan fingerprint density at radius 2 is 1.94 bits per heavy atom. The van der Waals surface area contributed by atoms with Gasteiger partial charge in [-0.3, -0.25) is 14.1 Å². The van der Waals surface area contributed by atoms with E-state index < -0.39 is 0 Å². The Bertz CT molecular complexity index is 1260. The van der Waals surface area contributed by atoms with Gasteiger partial charge in [0.1, 0.15) is 12.4 Å². The zero-order valence-electron chi connectivity index (χ0n) is 18.0. The second-order valence-corrected chi connectivity index (χ2v) is 7.50. The van der Waals surface area contributed by atoms with Gasteiger partial charge in [0.25, 0.3) is 5.91 Å². The number of carbonyl (C=O) groups excluding carboxylic acids is 1. The fourth-order valence-corrected chi connectivity index (χ4v) is 3.88. The van der Waals surface area contributed by atoms with E-state index in [0.717, 1.165) is 18.1 Å². The van der Waals surface area contributed by atoms with Crippen LogP contribution in [-0.4, -0.2) is 40.3 Å². The fourth-order valence-electron chi connectivity index (χ4n) is 3.88. The van der Waals surface area contributed by atoms with Crippen LogP contribution in [0.15, 0.2) is 61.1 Å². The van der Waals surface area contributed by atoms with E-state index in [1.807, 2.05) is 54.2 Å². The monoisotopic (exact) mass is 432 g/mol. The average molecular weight is 432 g/mol. The number of pyridine rings is 1. The highest BCUT2D eigenvalue weighted by atomic mass is 16.7. The summed E-state index contributed by atoms with van der Waals surface area (Å²) in [6.07, 6.45) is 6.59. The zero-order chi connectivity index (χ0) is 22.1. The summed E-state index contributed by atoms with van der Waals surface area (Å²) in [7, 11) is 1.76. The predicted molar refractivity (Wildman–Crippen MR) is 120 cm³/mol. The van der Waals surface area contributed by atoms with Gasteiger partial charge in [0.05, 0.1) is 12.2 Å². The Morgan fingerprint density at radius 1 is 1.12 bits per heavy atom. The van der Waals surface area contributed by atoms with Crippen LogP contribution in [0, 0.1) is 0 Å². The molecule has 164 valence electrons. The van der Waals surface area contributed by atoms with Crippen molar-refractivity contribution < 1.29 is 19.0 Å². The smallest absolute Gasteiger partial charge is 0.259 e. The summed E-state index contributed by atoms with van der Waals surface area (Å²) >= 11 is 0. The molecule has 0 saturated carbocycles. The molecule has 8 heteroatoms. The summed E-state index contributed by atoms with van der Waals surface area (Å²) < 4.78 is 20.8. The van der Waals surface area contributed by atoms with E-state index >= 15 is 0 Å². The van der Waals surface area contributed by atoms with E-state index in [0.29, 0.717) is 41.5 Å². The minimum absolute atomic E-state index is 0.154. The maximum absolute atomic E-state index is 13.3. The van der Waals surface area contributed by atoms with E-state index in [1.54, 1.807) is 30.1 Å². The lowest BCUT2D eigenvalue weighted by Gasteiger charge is -2.19. The van der Waals surface area contributed by atoms with Crippen LogP contribution in [0.3, 0.4) is 0 Å². The number of aryl methyl sites for hydroxylation is 1. The van der Waals surface area contributed by atoms with E-state index in [4.69, 9.17) is 19.2 Å². The van der Waals surface area contributed by atoms with Gasteiger partial charge < -0.3 is 18.8 Å². The Labute approximate surface area is 185 Å². The molecule has 0 saturated heterocycles. The van der Waals surface area contributed by atoms with E-state index in [-0.39, 0.29) is 12.7 Å². The minimum Gasteiger partial charge on any atom is -0.488 e. The van der Waals surface area contributed by atoms with Crippen molar-refractivity contribution in [3.05, 3.63) is 72.3 Å². The number of amides is 1. The highest BCUT2D eigenvalue weighted by molar-refractivity contribution is 6.06. The van der Waals surface area contributed by atoms with Crippen molar-refractivity contribution in [2.75, 3.05) is 25.3 Å². The molecule has 0 radical (unpaired) electrons. The van der Waals surface area contributed by atoms with Crippen LogP contribution in [0.2, 0.25) is 0 Å². The van der Waals surface area contributed by atoms with Crippen molar-refractivity contribution in [3.63, 3.8) is 0 Å². The molecule has 1 aliphatic rings. The molecular weight excluding hydrogens is 408 g/mol. The third-order valence-corrected chi connectivity index (χ3v) is 5.51. The zero-order valence-corrected chi connectivity index (χ0v) is 18.0.